The van der Waals surface area contributed by atoms with Gasteiger partial charge in [-0.3, -0.25) is 39.4 Å². The van der Waals surface area contributed by atoms with Gasteiger partial charge in [-0.25, -0.2) is 14.8 Å². The smallest absolute Gasteiger partial charge is 0.417 e. The Hall–Kier alpha value is -7.71. The number of fused-ring (bicyclic) bond motifs is 3. The number of anilines is 3. The van der Waals surface area contributed by atoms with Crippen LogP contribution >= 0.6 is 11.3 Å². The highest BCUT2D eigenvalue weighted by Gasteiger charge is 2.37. The number of halogens is 3. The summed E-state index contributed by atoms with van der Waals surface area (Å²) in [6.45, 7) is 4.39. The van der Waals surface area contributed by atoms with Crippen LogP contribution in [0.25, 0.3) is 32.2 Å². The second-order valence-corrected chi connectivity index (χ2v) is 20.3. The molecule has 16 nitrogen and oxygen atoms in total. The van der Waals surface area contributed by atoms with E-state index in [0.717, 1.165) is 57.6 Å². The minimum Gasteiger partial charge on any atom is -0.493 e. The SMILES string of the molecule is CC(COc1ccc(-c2ccc(N3CCc4cccc(C(=O)Nc5nc6ccccc6s5)c4C3)nc2C(=O)O)c(C(F)(F)F)c1)CC1CCN(CC(=O)Nc2ccc3c(C4CCC(=O)NC4=O)nn(C)c3c2)CC1. The molecule has 4 N–H and O–H groups in total. The minimum absolute atomic E-state index is 0.00224. The van der Waals surface area contributed by atoms with Crippen molar-refractivity contribution in [2.24, 2.45) is 18.9 Å². The van der Waals surface area contributed by atoms with Crippen LogP contribution in [0.1, 0.15) is 88.2 Å². The van der Waals surface area contributed by atoms with Crippen LogP contribution in [-0.2, 0) is 40.6 Å². The van der Waals surface area contributed by atoms with Crippen LogP contribution in [0.4, 0.5) is 29.8 Å². The summed E-state index contributed by atoms with van der Waals surface area (Å²) in [7, 11) is 1.77. The van der Waals surface area contributed by atoms with Crippen molar-refractivity contribution in [2.45, 2.75) is 64.1 Å². The van der Waals surface area contributed by atoms with Gasteiger partial charge in [-0.15, -0.1) is 0 Å². The number of amides is 4. The molecule has 74 heavy (non-hydrogen) atoms. The predicted octanol–water partition coefficient (Wildman–Crippen LogP) is 9.05. The predicted molar refractivity (Wildman–Crippen MR) is 273 cm³/mol. The Bertz CT molecular complexity index is 3320. The van der Waals surface area contributed by atoms with E-state index >= 15 is 0 Å². The fourth-order valence-corrected chi connectivity index (χ4v) is 11.3. The lowest BCUT2D eigenvalue weighted by Gasteiger charge is -2.32. The van der Waals surface area contributed by atoms with E-state index in [4.69, 9.17) is 4.74 Å². The monoisotopic (exact) mass is 1030 g/mol. The molecule has 0 aliphatic carbocycles. The van der Waals surface area contributed by atoms with Crippen LogP contribution in [0.3, 0.4) is 0 Å². The van der Waals surface area contributed by atoms with Gasteiger partial charge in [-0.1, -0.05) is 48.6 Å². The van der Waals surface area contributed by atoms with Gasteiger partial charge in [0.05, 0.1) is 46.1 Å². The van der Waals surface area contributed by atoms with Gasteiger partial charge in [-0.2, -0.15) is 18.3 Å². The zero-order chi connectivity index (χ0) is 51.8. The number of pyridine rings is 1. The average Bonchev–Trinajstić information content (AvgIpc) is 3.94. The number of hydrogen-bond donors (Lipinski definition) is 4. The quantitative estimate of drug-likeness (QED) is 0.0755. The Kier molecular flexibility index (Phi) is 13.9. The fraction of sp³-hybridized carbons (Fsp3) is 0.333. The third kappa shape index (κ3) is 10.7. The van der Waals surface area contributed by atoms with Crippen molar-refractivity contribution in [3.63, 3.8) is 0 Å². The molecular weight excluding hydrogens is 976 g/mol. The van der Waals surface area contributed by atoms with E-state index in [1.165, 1.54) is 35.6 Å². The van der Waals surface area contributed by atoms with Crippen molar-refractivity contribution in [1.29, 1.82) is 0 Å². The number of alkyl halides is 3. The molecule has 0 radical (unpaired) electrons. The highest BCUT2D eigenvalue weighted by Crippen LogP contribution is 2.41. The molecule has 3 aliphatic heterocycles. The highest BCUT2D eigenvalue weighted by molar-refractivity contribution is 7.22. The van der Waals surface area contributed by atoms with Crippen molar-refractivity contribution in [3.05, 3.63) is 125 Å². The summed E-state index contributed by atoms with van der Waals surface area (Å²) >= 11 is 1.36. The first kappa shape index (κ1) is 49.9. The number of ether oxygens (including phenoxy) is 1. The lowest BCUT2D eigenvalue weighted by Crippen LogP contribution is -2.39. The number of rotatable bonds is 14. The summed E-state index contributed by atoms with van der Waals surface area (Å²) in [5.74, 6) is -2.62. The van der Waals surface area contributed by atoms with Crippen LogP contribution < -0.4 is 25.6 Å². The number of para-hydroxylation sites is 1. The van der Waals surface area contributed by atoms with Gasteiger partial charge < -0.3 is 20.1 Å². The van der Waals surface area contributed by atoms with Crippen molar-refractivity contribution in [1.82, 2.24) is 30.0 Å². The summed E-state index contributed by atoms with van der Waals surface area (Å²) in [4.78, 5) is 76.5. The standard InChI is InChI=1S/C54H52F3N9O7S/c1-30(24-31-18-21-65(22-19-31)28-47(68)58-33-10-12-38-43(25-33)64(2)63-48(38)39-15-17-46(67)61-51(39)70)29-73-34-11-13-35(41(26-34)54(55,56)57)36-14-16-45(60-49(36)52(71)72)66-23-20-32-6-5-7-37(40(32)27-66)50(69)62-53-59-42-8-3-4-9-44(42)74-53/h3-14,16,25-26,30-31,39H,15,17-24,27-29H2,1-2H3,(H,58,68)(H,71,72)(H,59,62,69)(H,61,67,70). The Balaban J connectivity index is 0.735. The van der Waals surface area contributed by atoms with Crippen LogP contribution in [0.5, 0.6) is 5.75 Å². The largest absolute Gasteiger partial charge is 0.493 e. The van der Waals surface area contributed by atoms with Crippen LogP contribution in [-0.4, -0.2) is 92.1 Å². The molecule has 3 aromatic heterocycles. The zero-order valence-electron chi connectivity index (χ0n) is 40.5. The molecule has 4 amide bonds. The molecule has 2 unspecified atom stereocenters. The van der Waals surface area contributed by atoms with Crippen molar-refractivity contribution < 1.29 is 47.0 Å². The highest BCUT2D eigenvalue weighted by atomic mass is 32.1. The number of thiazole rings is 1. The van der Waals surface area contributed by atoms with E-state index in [0.29, 0.717) is 60.5 Å². The van der Waals surface area contributed by atoms with E-state index in [2.05, 4.69) is 35.9 Å². The van der Waals surface area contributed by atoms with Crippen molar-refractivity contribution in [3.8, 4) is 16.9 Å². The minimum atomic E-state index is -4.85. The maximum atomic E-state index is 14.8. The Morgan fingerprint density at radius 1 is 0.905 bits per heavy atom. The maximum absolute atomic E-state index is 14.8. The number of carbonyl (C=O) groups is 5. The lowest BCUT2D eigenvalue weighted by molar-refractivity contribution is -0.137. The zero-order valence-corrected chi connectivity index (χ0v) is 41.3. The molecule has 6 heterocycles. The topological polar surface area (TPSA) is 201 Å². The molecule has 20 heteroatoms. The van der Waals surface area contributed by atoms with E-state index in [1.54, 1.807) is 23.9 Å². The number of piperidine rings is 2. The normalized spacial score (nSPS) is 17.0. The first-order valence-electron chi connectivity index (χ1n) is 24.5. The average molecular weight is 1030 g/mol. The Labute approximate surface area is 426 Å². The van der Waals surface area contributed by atoms with Crippen molar-refractivity contribution >= 4 is 78.7 Å². The lowest BCUT2D eigenvalue weighted by atomic mass is 9.88. The fourth-order valence-electron chi connectivity index (χ4n) is 10.4. The molecule has 2 saturated heterocycles. The van der Waals surface area contributed by atoms with Gasteiger partial charge in [0.2, 0.25) is 17.7 Å². The van der Waals surface area contributed by atoms with Gasteiger partial charge in [0.1, 0.15) is 11.6 Å². The molecule has 382 valence electrons. The summed E-state index contributed by atoms with van der Waals surface area (Å²) < 4.78 is 53.0. The Morgan fingerprint density at radius 3 is 2.47 bits per heavy atom. The number of hydrogen-bond acceptors (Lipinski definition) is 12. The molecule has 3 aliphatic rings. The number of aryl methyl sites for hydroxylation is 1. The van der Waals surface area contributed by atoms with Crippen LogP contribution in [0.15, 0.2) is 91.0 Å². The number of carbonyl (C=O) groups excluding carboxylic acids is 4. The maximum Gasteiger partial charge on any atom is 0.417 e. The van der Waals surface area contributed by atoms with E-state index in [1.807, 2.05) is 60.4 Å². The molecule has 0 saturated carbocycles. The molecule has 4 aromatic carbocycles. The summed E-state index contributed by atoms with van der Waals surface area (Å²) in [6.07, 6.45) is -1.26. The second kappa shape index (κ2) is 20.7. The molecule has 0 spiro atoms. The van der Waals surface area contributed by atoms with Crippen LogP contribution in [0.2, 0.25) is 0 Å². The molecule has 2 fully saturated rings. The Morgan fingerprint density at radius 2 is 1.70 bits per heavy atom. The third-order valence-electron chi connectivity index (χ3n) is 14.1. The van der Waals surface area contributed by atoms with Gasteiger partial charge in [0.25, 0.3) is 5.91 Å². The third-order valence-corrected chi connectivity index (χ3v) is 15.1. The van der Waals surface area contributed by atoms with Gasteiger partial charge in [0.15, 0.2) is 10.8 Å². The van der Waals surface area contributed by atoms with Crippen molar-refractivity contribution in [2.75, 3.05) is 48.3 Å². The summed E-state index contributed by atoms with van der Waals surface area (Å²) in [5, 5.41) is 24.4. The number of aromatic carboxylic acids is 1. The molecule has 0 bridgehead atoms. The summed E-state index contributed by atoms with van der Waals surface area (Å²) in [6, 6.07) is 24.8. The summed E-state index contributed by atoms with van der Waals surface area (Å²) in [5.41, 5.74) is 2.68. The number of aromatic nitrogens is 4. The first-order chi connectivity index (χ1) is 35.5. The molecule has 10 rings (SSSR count). The van der Waals surface area contributed by atoms with E-state index < -0.39 is 29.3 Å². The number of benzene rings is 4. The molecule has 2 atom stereocenters. The number of nitrogens with one attached hydrogen (secondary N) is 3. The second-order valence-electron chi connectivity index (χ2n) is 19.3. The molecular formula is C54H52F3N9O7S. The first-order valence-corrected chi connectivity index (χ1v) is 25.3. The van der Waals surface area contributed by atoms with Gasteiger partial charge >= 0.3 is 12.1 Å². The number of nitrogens with zero attached hydrogens (tertiary/aromatic N) is 6. The number of likely N-dealkylation sites (tertiary alicyclic amines) is 1. The number of imide groups is 1. The van der Waals surface area contributed by atoms with Gasteiger partial charge in [-0.05, 0) is 134 Å². The van der Waals surface area contributed by atoms with Gasteiger partial charge in [0, 0.05) is 48.8 Å². The number of carboxylic acids is 1. The number of carboxylic acid groups (broad SMARTS) is 1. The molecule has 7 aromatic rings. The van der Waals surface area contributed by atoms with E-state index in [-0.39, 0.29) is 78.4 Å². The van der Waals surface area contributed by atoms with E-state index in [9.17, 15) is 42.3 Å². The van der Waals surface area contributed by atoms with Crippen LogP contribution in [0, 0.1) is 11.8 Å².